The lowest BCUT2D eigenvalue weighted by molar-refractivity contribution is -0.113. The van der Waals surface area contributed by atoms with Crippen LogP contribution in [0.4, 0.5) is 5.69 Å². The summed E-state index contributed by atoms with van der Waals surface area (Å²) in [6.07, 6.45) is 4.24. The fourth-order valence-corrected chi connectivity index (χ4v) is 5.13. The van der Waals surface area contributed by atoms with Gasteiger partial charge >= 0.3 is 0 Å². The Balaban J connectivity index is 1.41. The predicted octanol–water partition coefficient (Wildman–Crippen LogP) is 4.31. The predicted molar refractivity (Wildman–Crippen MR) is 132 cm³/mol. The molecule has 1 amide bonds. The number of hydrogen-bond acceptors (Lipinski definition) is 5. The highest BCUT2D eigenvalue weighted by atomic mass is 32.2. The molecule has 33 heavy (non-hydrogen) atoms. The maximum absolute atomic E-state index is 13.1. The van der Waals surface area contributed by atoms with Crippen LogP contribution in [0.3, 0.4) is 0 Å². The van der Waals surface area contributed by atoms with E-state index < -0.39 is 0 Å². The zero-order chi connectivity index (χ0) is 22.9. The third-order valence-corrected chi connectivity index (χ3v) is 7.05. The van der Waals surface area contributed by atoms with Crippen LogP contribution in [0.5, 0.6) is 0 Å². The molecular weight excluding hydrogens is 434 g/mol. The molecular formula is C25H27N5O2S. The maximum atomic E-state index is 13.1. The van der Waals surface area contributed by atoms with E-state index in [2.05, 4.69) is 41.5 Å². The minimum absolute atomic E-state index is 0.0583. The van der Waals surface area contributed by atoms with Crippen molar-refractivity contribution < 1.29 is 4.79 Å². The second-order valence-electron chi connectivity index (χ2n) is 8.95. The summed E-state index contributed by atoms with van der Waals surface area (Å²) >= 11 is 1.33. The number of hydrogen-bond donors (Lipinski definition) is 1. The van der Waals surface area contributed by atoms with E-state index in [0.29, 0.717) is 28.8 Å². The van der Waals surface area contributed by atoms with Crippen molar-refractivity contribution in [2.45, 2.75) is 51.2 Å². The molecule has 0 bridgehead atoms. The summed E-state index contributed by atoms with van der Waals surface area (Å²) in [4.78, 5) is 25.8. The highest BCUT2D eigenvalue weighted by molar-refractivity contribution is 7.99. The van der Waals surface area contributed by atoms with Crippen LogP contribution < -0.4 is 10.9 Å². The van der Waals surface area contributed by atoms with E-state index in [1.165, 1.54) is 29.3 Å². The summed E-state index contributed by atoms with van der Waals surface area (Å²) in [6, 6.07) is 13.7. The number of para-hydroxylation sites is 1. The molecule has 8 heteroatoms. The van der Waals surface area contributed by atoms with Gasteiger partial charge in [-0.05, 0) is 67.0 Å². The summed E-state index contributed by atoms with van der Waals surface area (Å²) < 4.78 is 3.59. The van der Waals surface area contributed by atoms with E-state index in [-0.39, 0.29) is 17.2 Å². The Morgan fingerprint density at radius 1 is 1.12 bits per heavy atom. The average Bonchev–Trinajstić information content (AvgIpc) is 3.44. The molecule has 0 atom stereocenters. The van der Waals surface area contributed by atoms with Crippen LogP contribution in [0.25, 0.3) is 16.7 Å². The molecule has 0 aliphatic heterocycles. The molecule has 0 fully saturated rings. The van der Waals surface area contributed by atoms with E-state index >= 15 is 0 Å². The van der Waals surface area contributed by atoms with Gasteiger partial charge in [-0.25, -0.2) is 0 Å². The molecule has 1 aliphatic carbocycles. The average molecular weight is 462 g/mol. The van der Waals surface area contributed by atoms with Gasteiger partial charge in [0.15, 0.2) is 5.16 Å². The quantitative estimate of drug-likeness (QED) is 0.415. The number of benzene rings is 2. The molecule has 5 rings (SSSR count). The van der Waals surface area contributed by atoms with Crippen molar-refractivity contribution in [1.29, 1.82) is 0 Å². The van der Waals surface area contributed by atoms with Gasteiger partial charge in [0.2, 0.25) is 11.7 Å². The monoisotopic (exact) mass is 461 g/mol. The fourth-order valence-electron chi connectivity index (χ4n) is 4.39. The molecule has 1 aliphatic rings. The largest absolute Gasteiger partial charge is 0.325 e. The molecule has 0 unspecified atom stereocenters. The van der Waals surface area contributed by atoms with Crippen molar-refractivity contribution in [3.63, 3.8) is 0 Å². The number of carbonyl (C=O) groups excluding carboxylic acids is 1. The van der Waals surface area contributed by atoms with Gasteiger partial charge in [-0.1, -0.05) is 43.8 Å². The van der Waals surface area contributed by atoms with E-state index in [9.17, 15) is 9.59 Å². The Bertz CT molecular complexity index is 1410. The molecule has 0 radical (unpaired) electrons. The molecule has 170 valence electrons. The van der Waals surface area contributed by atoms with Crippen molar-refractivity contribution in [3.05, 3.63) is 63.9 Å². The molecule has 4 aromatic rings. The number of aromatic nitrogens is 4. The van der Waals surface area contributed by atoms with Crippen molar-refractivity contribution >= 4 is 40.0 Å². The highest BCUT2D eigenvalue weighted by Crippen LogP contribution is 2.26. The van der Waals surface area contributed by atoms with Crippen LogP contribution in [0.1, 0.15) is 37.8 Å². The van der Waals surface area contributed by atoms with Gasteiger partial charge in [-0.2, -0.15) is 0 Å². The van der Waals surface area contributed by atoms with E-state index in [1.54, 1.807) is 4.57 Å². The van der Waals surface area contributed by atoms with Gasteiger partial charge in [-0.3, -0.25) is 18.6 Å². The van der Waals surface area contributed by atoms with E-state index in [0.717, 1.165) is 30.5 Å². The first-order valence-electron chi connectivity index (χ1n) is 11.4. The number of amides is 1. The minimum atomic E-state index is -0.0906. The molecule has 2 aromatic carbocycles. The van der Waals surface area contributed by atoms with Crippen molar-refractivity contribution in [3.8, 4) is 0 Å². The topological polar surface area (TPSA) is 81.3 Å². The third kappa shape index (κ3) is 4.27. The number of rotatable bonds is 7. The fraction of sp³-hybridized carbons (Fsp3) is 0.360. The number of carbonyl (C=O) groups is 1. The van der Waals surface area contributed by atoms with Gasteiger partial charge in [0.05, 0.1) is 16.7 Å². The van der Waals surface area contributed by atoms with Gasteiger partial charge in [-0.15, -0.1) is 10.2 Å². The van der Waals surface area contributed by atoms with E-state index in [4.69, 9.17) is 0 Å². The zero-order valence-electron chi connectivity index (χ0n) is 18.9. The van der Waals surface area contributed by atoms with Crippen molar-refractivity contribution in [1.82, 2.24) is 19.2 Å². The van der Waals surface area contributed by atoms with Gasteiger partial charge in [0.1, 0.15) is 0 Å². The summed E-state index contributed by atoms with van der Waals surface area (Å²) in [6.45, 7) is 4.84. The summed E-state index contributed by atoms with van der Waals surface area (Å²) in [5, 5.41) is 12.9. The molecule has 1 N–H and O–H groups in total. The Morgan fingerprint density at radius 2 is 1.94 bits per heavy atom. The number of nitrogens with zero attached hydrogens (tertiary/aromatic N) is 4. The lowest BCUT2D eigenvalue weighted by Gasteiger charge is -2.12. The maximum Gasteiger partial charge on any atom is 0.262 e. The Labute approximate surface area is 196 Å². The lowest BCUT2D eigenvalue weighted by Crippen LogP contribution is -2.24. The number of anilines is 1. The molecule has 2 aromatic heterocycles. The van der Waals surface area contributed by atoms with Gasteiger partial charge in [0.25, 0.3) is 5.56 Å². The van der Waals surface area contributed by atoms with Gasteiger partial charge < -0.3 is 5.32 Å². The van der Waals surface area contributed by atoms with Crippen LogP contribution in [0.2, 0.25) is 0 Å². The minimum Gasteiger partial charge on any atom is -0.325 e. The number of fused-ring (bicyclic) bond motifs is 4. The standard InChI is InChI=1S/C25H27N5O2S/c1-16(2)12-13-29-23(32)20-8-3-4-9-21(20)30-24(29)27-28-25(30)33-15-22(31)26-19-11-10-17-6-5-7-18(17)14-19/h3-4,8-11,14,16H,5-7,12-13,15H2,1-2H3,(H,26,31). The van der Waals surface area contributed by atoms with Crippen LogP contribution >= 0.6 is 11.8 Å². The van der Waals surface area contributed by atoms with Crippen molar-refractivity contribution in [2.24, 2.45) is 5.92 Å². The molecule has 0 spiro atoms. The first kappa shape index (κ1) is 21.7. The lowest BCUT2D eigenvalue weighted by atomic mass is 10.1. The first-order chi connectivity index (χ1) is 16.0. The van der Waals surface area contributed by atoms with E-state index in [1.807, 2.05) is 34.7 Å². The molecule has 0 saturated heterocycles. The van der Waals surface area contributed by atoms with Crippen LogP contribution in [0, 0.1) is 5.92 Å². The van der Waals surface area contributed by atoms with Crippen LogP contribution in [-0.2, 0) is 24.2 Å². The normalized spacial score (nSPS) is 13.2. The van der Waals surface area contributed by atoms with Crippen molar-refractivity contribution in [2.75, 3.05) is 11.1 Å². The zero-order valence-corrected chi connectivity index (χ0v) is 19.7. The Hall–Kier alpha value is -3.13. The highest BCUT2D eigenvalue weighted by Gasteiger charge is 2.18. The van der Waals surface area contributed by atoms with Crippen LogP contribution in [-0.4, -0.2) is 30.8 Å². The first-order valence-corrected chi connectivity index (χ1v) is 12.4. The number of thioether (sulfide) groups is 1. The summed E-state index contributed by atoms with van der Waals surface area (Å²) in [5.41, 5.74) is 4.24. The molecule has 0 saturated carbocycles. The third-order valence-electron chi connectivity index (χ3n) is 6.12. The van der Waals surface area contributed by atoms with Gasteiger partial charge in [0, 0.05) is 12.2 Å². The Morgan fingerprint density at radius 3 is 2.79 bits per heavy atom. The molecule has 2 heterocycles. The smallest absolute Gasteiger partial charge is 0.262 e. The summed E-state index contributed by atoms with van der Waals surface area (Å²) in [7, 11) is 0. The molecule has 7 nitrogen and oxygen atoms in total. The number of aryl methyl sites for hydroxylation is 3. The Kier molecular flexibility index (Phi) is 5.93. The second kappa shape index (κ2) is 9.02. The summed E-state index contributed by atoms with van der Waals surface area (Å²) in [5.74, 6) is 1.09. The SMILES string of the molecule is CC(C)CCn1c(=O)c2ccccc2n2c(SCC(=O)Nc3ccc4c(c3)CCC4)nnc12. The van der Waals surface area contributed by atoms with Crippen LogP contribution in [0.15, 0.2) is 52.4 Å². The second-order valence-corrected chi connectivity index (χ2v) is 9.89. The number of nitrogens with one attached hydrogen (secondary N) is 1.